The highest BCUT2D eigenvalue weighted by Gasteiger charge is 2.40. The van der Waals surface area contributed by atoms with Crippen LogP contribution in [0.5, 0.6) is 0 Å². The molecule has 5 heterocycles. The van der Waals surface area contributed by atoms with Gasteiger partial charge in [-0.05, 0) is 47.9 Å². The van der Waals surface area contributed by atoms with Crippen molar-refractivity contribution in [2.45, 2.75) is 32.0 Å². The second-order valence-corrected chi connectivity index (χ2v) is 11.3. The first-order valence-corrected chi connectivity index (χ1v) is 13.8. The number of hydrogen-bond acceptors (Lipinski definition) is 6. The fourth-order valence-electron chi connectivity index (χ4n) is 5.89. The van der Waals surface area contributed by atoms with Crippen molar-refractivity contribution in [1.82, 2.24) is 39.7 Å². The number of hydrogen-bond donors (Lipinski definition) is 3. The lowest BCUT2D eigenvalue weighted by Gasteiger charge is -2.17. The van der Waals surface area contributed by atoms with E-state index in [2.05, 4.69) is 30.5 Å². The van der Waals surface area contributed by atoms with Crippen LogP contribution >= 0.6 is 11.6 Å². The summed E-state index contributed by atoms with van der Waals surface area (Å²) in [5.74, 6) is -0.384. The molecule has 10 nitrogen and oxygen atoms in total. The molecule has 6 aromatic rings. The van der Waals surface area contributed by atoms with E-state index in [0.717, 1.165) is 10.9 Å². The number of aromatic nitrogens is 8. The lowest BCUT2D eigenvalue weighted by molar-refractivity contribution is -0.141. The molecule has 15 heteroatoms. The van der Waals surface area contributed by atoms with Crippen molar-refractivity contribution in [3.05, 3.63) is 93.3 Å². The van der Waals surface area contributed by atoms with Gasteiger partial charge in [0.15, 0.2) is 11.5 Å². The molecule has 1 aliphatic rings. The van der Waals surface area contributed by atoms with Gasteiger partial charge in [0.1, 0.15) is 11.5 Å². The second-order valence-electron chi connectivity index (χ2n) is 10.8. The van der Waals surface area contributed by atoms with Crippen molar-refractivity contribution in [1.29, 1.82) is 0 Å². The maximum Gasteiger partial charge on any atom is 0.436 e. The second kappa shape index (κ2) is 9.77. The summed E-state index contributed by atoms with van der Waals surface area (Å²) < 4.78 is 57.6. The van der Waals surface area contributed by atoms with Crippen molar-refractivity contribution in [2.24, 2.45) is 5.92 Å². The molecule has 0 saturated carbocycles. The third kappa shape index (κ3) is 4.35. The molecule has 224 valence electrons. The van der Waals surface area contributed by atoms with Crippen LogP contribution in [0.3, 0.4) is 0 Å². The van der Waals surface area contributed by atoms with Crippen LogP contribution < -0.4 is 11.3 Å². The summed E-state index contributed by atoms with van der Waals surface area (Å²) in [5.41, 5.74) is 7.24. The van der Waals surface area contributed by atoms with E-state index in [1.54, 1.807) is 34.9 Å². The minimum Gasteiger partial charge on any atom is -0.382 e. The number of anilines is 1. The lowest BCUT2D eigenvalue weighted by atomic mass is 9.90. The van der Waals surface area contributed by atoms with Crippen LogP contribution in [0.15, 0.2) is 59.5 Å². The first-order valence-electron chi connectivity index (χ1n) is 13.5. The highest BCUT2D eigenvalue weighted by molar-refractivity contribution is 6.31. The van der Waals surface area contributed by atoms with E-state index in [4.69, 9.17) is 17.3 Å². The summed E-state index contributed by atoms with van der Waals surface area (Å²) in [6, 6.07) is 12.2. The van der Waals surface area contributed by atoms with Crippen LogP contribution in [0.1, 0.15) is 43.0 Å². The number of nitrogens with one attached hydrogen (secondary N) is 2. The van der Waals surface area contributed by atoms with Gasteiger partial charge in [0, 0.05) is 39.2 Å². The highest BCUT2D eigenvalue weighted by atomic mass is 35.5. The van der Waals surface area contributed by atoms with Crippen LogP contribution in [0, 0.1) is 11.9 Å². The molecule has 0 spiro atoms. The number of nitrogens with zero attached hydrogens (tertiary/aromatic N) is 6. The molecule has 4 N–H and O–H groups in total. The molecule has 44 heavy (non-hydrogen) atoms. The highest BCUT2D eigenvalue weighted by Crippen LogP contribution is 2.44. The summed E-state index contributed by atoms with van der Waals surface area (Å²) in [6.45, 7) is 3.89. The molecule has 1 aliphatic heterocycles. The molecule has 0 amide bonds. The SMILES string of the molecule is C[C@@H]1[C@@H](c2nc(-c3ccc4c(N)n[nH]c4c3)c(F)[nH]2)n2c(cc(-c3cc(Cl)ccc3-n3cc(C(F)(F)F)nn3)cc2=O)[C@@H]1C. The third-order valence-corrected chi connectivity index (χ3v) is 8.49. The Labute approximate surface area is 250 Å². The molecule has 0 aliphatic carbocycles. The predicted octanol–water partition coefficient (Wildman–Crippen LogP) is 6.10. The van der Waals surface area contributed by atoms with Gasteiger partial charge in [0.2, 0.25) is 5.95 Å². The number of nitrogen functional groups attached to an aromatic ring is 1. The normalized spacial score (nSPS) is 18.3. The number of benzene rings is 2. The van der Waals surface area contributed by atoms with E-state index in [0.29, 0.717) is 44.1 Å². The van der Waals surface area contributed by atoms with E-state index < -0.39 is 29.4 Å². The minimum absolute atomic E-state index is 0.0858. The van der Waals surface area contributed by atoms with Crippen molar-refractivity contribution in [3.63, 3.8) is 0 Å². The van der Waals surface area contributed by atoms with Gasteiger partial charge in [0.25, 0.3) is 5.56 Å². The number of aromatic amines is 2. The van der Waals surface area contributed by atoms with Gasteiger partial charge in [-0.3, -0.25) is 9.89 Å². The lowest BCUT2D eigenvalue weighted by Crippen LogP contribution is -2.26. The number of rotatable bonds is 4. The van der Waals surface area contributed by atoms with Gasteiger partial charge in [-0.1, -0.05) is 36.7 Å². The van der Waals surface area contributed by atoms with Crippen molar-refractivity contribution in [3.8, 4) is 28.1 Å². The Morgan fingerprint density at radius 2 is 1.84 bits per heavy atom. The van der Waals surface area contributed by atoms with Crippen molar-refractivity contribution in [2.75, 3.05) is 5.73 Å². The number of halogens is 5. The summed E-state index contributed by atoms with van der Waals surface area (Å²) in [6.07, 6.45) is -3.90. The van der Waals surface area contributed by atoms with Crippen LogP contribution in [0.2, 0.25) is 5.02 Å². The molecular weight excluding hydrogens is 602 g/mol. The van der Waals surface area contributed by atoms with Crippen LogP contribution in [-0.4, -0.2) is 39.7 Å². The zero-order chi connectivity index (χ0) is 31.1. The monoisotopic (exact) mass is 623 g/mol. The molecule has 7 rings (SSSR count). The Morgan fingerprint density at radius 3 is 2.59 bits per heavy atom. The first-order chi connectivity index (χ1) is 20.9. The number of pyridine rings is 1. The summed E-state index contributed by atoms with van der Waals surface area (Å²) in [4.78, 5) is 21.1. The summed E-state index contributed by atoms with van der Waals surface area (Å²) in [5, 5.41) is 14.7. The van der Waals surface area contributed by atoms with Crippen LogP contribution in [0.4, 0.5) is 23.4 Å². The number of nitrogens with two attached hydrogens (primary N) is 1. The van der Waals surface area contributed by atoms with Gasteiger partial charge in [-0.2, -0.15) is 22.7 Å². The van der Waals surface area contributed by atoms with Crippen molar-refractivity contribution < 1.29 is 17.6 Å². The van der Waals surface area contributed by atoms with E-state index >= 15 is 4.39 Å². The van der Waals surface area contributed by atoms with E-state index in [-0.39, 0.29) is 29.0 Å². The maximum atomic E-state index is 15.3. The molecule has 0 unspecified atom stereocenters. The van der Waals surface area contributed by atoms with E-state index in [1.165, 1.54) is 18.2 Å². The van der Waals surface area contributed by atoms with Crippen molar-refractivity contribution >= 4 is 28.3 Å². The Bertz CT molecular complexity index is 2140. The van der Waals surface area contributed by atoms with Crippen LogP contribution in [-0.2, 0) is 6.18 Å². The van der Waals surface area contributed by atoms with Gasteiger partial charge < -0.3 is 15.3 Å². The smallest absolute Gasteiger partial charge is 0.382 e. The molecule has 3 atom stereocenters. The zero-order valence-corrected chi connectivity index (χ0v) is 23.7. The first kappa shape index (κ1) is 27.8. The fraction of sp³-hybridized carbons (Fsp3) is 0.207. The number of H-pyrrole nitrogens is 2. The molecule has 2 aromatic carbocycles. The Morgan fingerprint density at radius 1 is 1.05 bits per heavy atom. The molecule has 0 saturated heterocycles. The van der Waals surface area contributed by atoms with Gasteiger partial charge in [0.05, 0.1) is 23.4 Å². The van der Waals surface area contributed by atoms with Gasteiger partial charge in [-0.15, -0.1) is 5.10 Å². The zero-order valence-electron chi connectivity index (χ0n) is 23.0. The van der Waals surface area contributed by atoms with Crippen LogP contribution in [0.25, 0.3) is 39.0 Å². The molecule has 0 fully saturated rings. The Kier molecular flexibility index (Phi) is 6.18. The third-order valence-electron chi connectivity index (χ3n) is 8.25. The standard InChI is InChI=1S/C29H22ClF4N9O/c1-12-13(2)25(28-36-24(26(31)37-28)14-3-5-17-19(7-14)38-40-27(17)35)43-21(12)8-15(9-23(43)44)18-10-16(30)4-6-20(18)42-11-22(39-41-42)29(32,33)34/h3-13,25H,1-2H3,(H,36,37)(H3,35,38,40)/t12-,13+,25+/m1/s1. The molecule has 4 aromatic heterocycles. The van der Waals surface area contributed by atoms with E-state index in [9.17, 15) is 18.0 Å². The number of fused-ring (bicyclic) bond motifs is 2. The quantitative estimate of drug-likeness (QED) is 0.203. The molecular formula is C29H22ClF4N9O. The molecule has 0 bridgehead atoms. The van der Waals surface area contributed by atoms with E-state index in [1.807, 2.05) is 13.8 Å². The average Bonchev–Trinajstić information content (AvgIpc) is 3.75. The summed E-state index contributed by atoms with van der Waals surface area (Å²) in [7, 11) is 0. The maximum absolute atomic E-state index is 15.3. The number of alkyl halides is 3. The average molecular weight is 624 g/mol. The predicted molar refractivity (Wildman–Crippen MR) is 155 cm³/mol. The fourth-order valence-corrected chi connectivity index (χ4v) is 6.06. The topological polar surface area (TPSA) is 136 Å². The van der Waals surface area contributed by atoms with Gasteiger partial charge in [-0.25, -0.2) is 9.67 Å². The number of imidazole rings is 1. The summed E-state index contributed by atoms with van der Waals surface area (Å²) >= 11 is 6.28. The molecule has 0 radical (unpaired) electrons. The Balaban J connectivity index is 1.31. The Hall–Kier alpha value is -4.98. The van der Waals surface area contributed by atoms with Gasteiger partial charge >= 0.3 is 6.18 Å². The largest absolute Gasteiger partial charge is 0.436 e. The minimum atomic E-state index is -4.68.